The first-order valence-corrected chi connectivity index (χ1v) is 16.1. The van der Waals surface area contributed by atoms with Crippen molar-refractivity contribution in [2.45, 2.75) is 53.0 Å². The molecule has 48 heavy (non-hydrogen) atoms. The fraction of sp³-hybridized carbons (Fsp3) is 0.244. The lowest BCUT2D eigenvalue weighted by atomic mass is 9.96. The number of carbonyl (C=O) groups excluding carboxylic acids is 3. The van der Waals surface area contributed by atoms with Crippen molar-refractivity contribution in [3.8, 4) is 22.6 Å². The van der Waals surface area contributed by atoms with Crippen LogP contribution in [0.4, 0.5) is 0 Å². The Balaban J connectivity index is 0.00000541. The van der Waals surface area contributed by atoms with Crippen LogP contribution in [0.2, 0.25) is 0 Å². The van der Waals surface area contributed by atoms with Gasteiger partial charge in [0.2, 0.25) is 0 Å². The molecule has 1 heterocycles. The van der Waals surface area contributed by atoms with Gasteiger partial charge in [-0.3, -0.25) is 14.2 Å². The van der Waals surface area contributed by atoms with Crippen LogP contribution >= 0.6 is 0 Å². The molecule has 4 aromatic carbocycles. The monoisotopic (exact) mass is 644 g/mol. The van der Waals surface area contributed by atoms with E-state index in [0.717, 1.165) is 16.7 Å². The van der Waals surface area contributed by atoms with E-state index in [2.05, 4.69) is 19.2 Å². The first kappa shape index (κ1) is 33.9. The number of nitrogens with one attached hydrogen (secondary N) is 1. The number of aromatic nitrogens is 1. The summed E-state index contributed by atoms with van der Waals surface area (Å²) in [5.74, 6) is 0.103. The average molecular weight is 645 g/mol. The summed E-state index contributed by atoms with van der Waals surface area (Å²) in [5.41, 5.74) is 4.56. The molecule has 0 aliphatic heterocycles. The van der Waals surface area contributed by atoms with E-state index in [1.165, 1.54) is 23.3 Å². The Hall–Kier alpha value is -5.43. The number of hydrogen-bond acceptors (Lipinski definition) is 5. The maximum Gasteiger partial charge on any atom is 0.328 e. The van der Waals surface area contributed by atoms with Crippen LogP contribution in [0.5, 0.6) is 11.5 Å². The lowest BCUT2D eigenvalue weighted by Gasteiger charge is -2.18. The predicted octanol–water partition coefficient (Wildman–Crippen LogP) is 9.23. The van der Waals surface area contributed by atoms with Crippen molar-refractivity contribution in [2.24, 2.45) is 5.41 Å². The van der Waals surface area contributed by atoms with Gasteiger partial charge in [-0.1, -0.05) is 107 Å². The third-order valence-corrected chi connectivity index (χ3v) is 8.03. The van der Waals surface area contributed by atoms with Crippen LogP contribution in [-0.4, -0.2) is 35.5 Å². The quantitative estimate of drug-likeness (QED) is 0.121. The van der Waals surface area contributed by atoms with Gasteiger partial charge < -0.3 is 14.8 Å². The highest BCUT2D eigenvalue weighted by atomic mass is 16.5. The SMILES string of the molecule is COC(=O)[C@H](Cc1ccc(-c2ccccc2)cc1)NC(=O)c1cc2cc(Oc3ccc(C(C)C)cc3)ccc2n1C(=O)/C=C\C(C)(C)C.[HH]. The number of fused-ring (bicyclic) bond motifs is 1. The summed E-state index contributed by atoms with van der Waals surface area (Å²) in [4.78, 5) is 40.5. The number of rotatable bonds is 10. The van der Waals surface area contributed by atoms with Crippen molar-refractivity contribution in [1.29, 1.82) is 0 Å². The number of benzene rings is 4. The van der Waals surface area contributed by atoms with Gasteiger partial charge in [0.1, 0.15) is 23.2 Å². The van der Waals surface area contributed by atoms with Crippen LogP contribution in [-0.2, 0) is 16.0 Å². The fourth-order valence-corrected chi connectivity index (χ4v) is 5.38. The molecule has 7 heteroatoms. The van der Waals surface area contributed by atoms with Gasteiger partial charge in [0.25, 0.3) is 11.8 Å². The molecule has 0 fully saturated rings. The van der Waals surface area contributed by atoms with E-state index < -0.39 is 17.9 Å². The summed E-state index contributed by atoms with van der Waals surface area (Å²) in [6.07, 6.45) is 3.49. The lowest BCUT2D eigenvalue weighted by Crippen LogP contribution is -2.43. The molecular formula is C41H44N2O5. The van der Waals surface area contributed by atoms with Crippen LogP contribution in [0, 0.1) is 5.41 Å². The minimum Gasteiger partial charge on any atom is -0.467 e. The third kappa shape index (κ3) is 8.28. The van der Waals surface area contributed by atoms with Gasteiger partial charge in [-0.25, -0.2) is 4.79 Å². The molecule has 0 unspecified atom stereocenters. The molecule has 0 saturated heterocycles. The van der Waals surface area contributed by atoms with Gasteiger partial charge in [-0.2, -0.15) is 0 Å². The largest absolute Gasteiger partial charge is 0.467 e. The van der Waals surface area contributed by atoms with Gasteiger partial charge in [0, 0.05) is 19.3 Å². The summed E-state index contributed by atoms with van der Waals surface area (Å²) in [5, 5.41) is 3.47. The first-order chi connectivity index (χ1) is 22.9. The second-order valence-electron chi connectivity index (χ2n) is 13.3. The van der Waals surface area contributed by atoms with E-state index in [0.29, 0.717) is 28.3 Å². The van der Waals surface area contributed by atoms with Crippen LogP contribution in [0.3, 0.4) is 0 Å². The smallest absolute Gasteiger partial charge is 0.328 e. The number of amides is 1. The van der Waals surface area contributed by atoms with Crippen molar-refractivity contribution in [3.05, 3.63) is 132 Å². The molecule has 0 saturated carbocycles. The fourth-order valence-electron chi connectivity index (χ4n) is 5.38. The molecule has 5 rings (SSSR count). The summed E-state index contributed by atoms with van der Waals surface area (Å²) >= 11 is 0. The second kappa shape index (κ2) is 14.6. The Morgan fingerprint density at radius 1 is 0.833 bits per heavy atom. The normalized spacial score (nSPS) is 12.3. The number of esters is 1. The molecule has 1 atom stereocenters. The predicted molar refractivity (Wildman–Crippen MR) is 193 cm³/mol. The minimum atomic E-state index is -0.982. The topological polar surface area (TPSA) is 86.6 Å². The highest BCUT2D eigenvalue weighted by Gasteiger charge is 2.27. The molecular weight excluding hydrogens is 600 g/mol. The van der Waals surface area contributed by atoms with Crippen LogP contribution in [0.15, 0.2) is 115 Å². The molecule has 7 nitrogen and oxygen atoms in total. The summed E-state index contributed by atoms with van der Waals surface area (Å²) in [7, 11) is 1.29. The lowest BCUT2D eigenvalue weighted by molar-refractivity contribution is -0.142. The Kier molecular flexibility index (Phi) is 10.3. The van der Waals surface area contributed by atoms with Gasteiger partial charge in [-0.05, 0) is 70.0 Å². The molecule has 0 bridgehead atoms. The number of carbonyl (C=O) groups is 3. The van der Waals surface area contributed by atoms with Gasteiger partial charge in [0.05, 0.1) is 12.6 Å². The highest BCUT2D eigenvalue weighted by molar-refractivity contribution is 6.08. The molecule has 1 N–H and O–H groups in total. The summed E-state index contributed by atoms with van der Waals surface area (Å²) < 4.78 is 12.6. The molecule has 1 aromatic heterocycles. The first-order valence-electron chi connectivity index (χ1n) is 16.1. The number of nitrogens with zero attached hydrogens (tertiary/aromatic N) is 1. The maximum atomic E-state index is 13.9. The number of ether oxygens (including phenoxy) is 2. The molecule has 1 amide bonds. The molecule has 5 aromatic rings. The zero-order valence-electron chi connectivity index (χ0n) is 28.3. The maximum absolute atomic E-state index is 13.9. The van der Waals surface area contributed by atoms with Crippen LogP contribution in [0.25, 0.3) is 22.0 Å². The van der Waals surface area contributed by atoms with Gasteiger partial charge >= 0.3 is 5.97 Å². The van der Waals surface area contributed by atoms with Gasteiger partial charge in [0.15, 0.2) is 0 Å². The Morgan fingerprint density at radius 2 is 1.48 bits per heavy atom. The van der Waals surface area contributed by atoms with Crippen molar-refractivity contribution in [3.63, 3.8) is 0 Å². The zero-order chi connectivity index (χ0) is 34.4. The number of allylic oxidation sites excluding steroid dienone is 2. The highest BCUT2D eigenvalue weighted by Crippen LogP contribution is 2.30. The Bertz CT molecular complexity index is 1940. The molecule has 0 aliphatic carbocycles. The third-order valence-electron chi connectivity index (χ3n) is 8.03. The number of methoxy groups -OCH3 is 1. The van der Waals surface area contributed by atoms with Crippen molar-refractivity contribution < 1.29 is 25.3 Å². The molecule has 0 spiro atoms. The van der Waals surface area contributed by atoms with Crippen LogP contribution in [0.1, 0.15) is 68.4 Å². The van der Waals surface area contributed by atoms with Crippen LogP contribution < -0.4 is 10.1 Å². The molecule has 0 aliphatic rings. The summed E-state index contributed by atoms with van der Waals surface area (Å²) in [6.45, 7) is 10.2. The Labute approximate surface area is 283 Å². The van der Waals surface area contributed by atoms with E-state index in [1.54, 1.807) is 30.3 Å². The molecule has 248 valence electrons. The van der Waals surface area contributed by atoms with Crippen molar-refractivity contribution in [1.82, 2.24) is 9.88 Å². The van der Waals surface area contributed by atoms with Gasteiger partial charge in [-0.15, -0.1) is 0 Å². The van der Waals surface area contributed by atoms with E-state index in [-0.39, 0.29) is 24.9 Å². The van der Waals surface area contributed by atoms with E-state index >= 15 is 0 Å². The number of hydrogen-bond donors (Lipinski definition) is 1. The van der Waals surface area contributed by atoms with E-state index in [9.17, 15) is 14.4 Å². The Morgan fingerprint density at radius 3 is 2.10 bits per heavy atom. The van der Waals surface area contributed by atoms with Crippen molar-refractivity contribution >= 4 is 28.7 Å². The average Bonchev–Trinajstić information content (AvgIpc) is 3.46. The zero-order valence-corrected chi connectivity index (χ0v) is 28.3. The van der Waals surface area contributed by atoms with Crippen molar-refractivity contribution in [2.75, 3.05) is 7.11 Å². The molecule has 0 radical (unpaired) electrons. The van der Waals surface area contributed by atoms with E-state index in [1.807, 2.05) is 99.6 Å². The minimum absolute atomic E-state index is 0. The standard InChI is InChI=1S/C41H42N2O5.H2/c1-27(2)29-16-18-33(19-17-29)48-34-20-21-36-32(25-34)26-37(43(36)38(44)22-23-41(3,4)5)39(45)42-35(40(46)47-6)24-28-12-14-31(15-13-28)30-10-8-7-9-11-30;/h7-23,25-27,35H,24H2,1-6H3,(H,42,45);1H/b23-22-;/t35-;/m0./s1. The van der Waals surface area contributed by atoms with E-state index in [4.69, 9.17) is 9.47 Å². The summed E-state index contributed by atoms with van der Waals surface area (Å²) in [6, 6.07) is 31.7. The second-order valence-corrected chi connectivity index (χ2v) is 13.3.